The monoisotopic (exact) mass is 309 g/mol. The number of hydrogen-bond donors (Lipinski definition) is 1. The van der Waals surface area contributed by atoms with Gasteiger partial charge in [-0.15, -0.1) is 0 Å². The first kappa shape index (κ1) is 13.9. The van der Waals surface area contributed by atoms with Crippen LogP contribution >= 0.6 is 0 Å². The van der Waals surface area contributed by atoms with E-state index in [1.807, 2.05) is 31.4 Å². The highest BCUT2D eigenvalue weighted by Gasteiger charge is 2.19. The van der Waals surface area contributed by atoms with Crippen LogP contribution in [0.25, 0.3) is 33.2 Å². The molecule has 4 rings (SSSR count). The summed E-state index contributed by atoms with van der Waals surface area (Å²) in [6, 6.07) is 3.77. The number of benzene rings is 1. The number of rotatable bonds is 2. The zero-order valence-corrected chi connectivity index (χ0v) is 13.1. The average molecular weight is 309 g/mol. The first-order valence-corrected chi connectivity index (χ1v) is 7.52. The molecule has 1 aromatic carbocycles. The van der Waals surface area contributed by atoms with Crippen LogP contribution in [0.1, 0.15) is 25.7 Å². The molecule has 0 aliphatic carbocycles. The van der Waals surface area contributed by atoms with Crippen molar-refractivity contribution < 1.29 is 4.39 Å². The van der Waals surface area contributed by atoms with Crippen LogP contribution in [0.2, 0.25) is 0 Å². The Morgan fingerprint density at radius 2 is 2.04 bits per heavy atom. The largest absolute Gasteiger partial charge is 0.345 e. The molecule has 5 nitrogen and oxygen atoms in total. The molecule has 3 heterocycles. The van der Waals surface area contributed by atoms with Gasteiger partial charge in [-0.1, -0.05) is 0 Å². The summed E-state index contributed by atoms with van der Waals surface area (Å²) in [6.45, 7) is 5.96. The predicted octanol–water partition coefficient (Wildman–Crippen LogP) is 4.00. The Labute approximate surface area is 132 Å². The van der Waals surface area contributed by atoms with Crippen LogP contribution in [0, 0.1) is 12.7 Å². The fraction of sp³-hybridized carbons (Fsp3) is 0.235. The van der Waals surface area contributed by atoms with Crippen molar-refractivity contribution in [3.63, 3.8) is 0 Å². The van der Waals surface area contributed by atoms with E-state index in [0.29, 0.717) is 22.2 Å². The minimum Gasteiger partial charge on any atom is -0.345 e. The van der Waals surface area contributed by atoms with Crippen LogP contribution in [0.15, 0.2) is 30.9 Å². The highest BCUT2D eigenvalue weighted by atomic mass is 19.1. The molecule has 0 aliphatic rings. The molecule has 6 heteroatoms. The summed E-state index contributed by atoms with van der Waals surface area (Å²) in [5.74, 6) is 0.551. The Morgan fingerprint density at radius 3 is 2.83 bits per heavy atom. The average Bonchev–Trinajstić information content (AvgIpc) is 3.09. The first-order valence-electron chi connectivity index (χ1n) is 7.52. The summed E-state index contributed by atoms with van der Waals surface area (Å²) >= 11 is 0. The van der Waals surface area contributed by atoms with E-state index >= 15 is 4.39 Å². The fourth-order valence-corrected chi connectivity index (χ4v) is 3.19. The molecule has 0 bridgehead atoms. The maximum Gasteiger partial charge on any atom is 0.157 e. The minimum atomic E-state index is -0.262. The van der Waals surface area contributed by atoms with Crippen molar-refractivity contribution in [3.05, 3.63) is 42.5 Å². The Kier molecular flexibility index (Phi) is 2.94. The highest BCUT2D eigenvalue weighted by molar-refractivity contribution is 5.95. The Morgan fingerprint density at radius 1 is 1.22 bits per heavy atom. The van der Waals surface area contributed by atoms with E-state index in [-0.39, 0.29) is 11.9 Å². The zero-order valence-electron chi connectivity index (χ0n) is 13.1. The third-order valence-corrected chi connectivity index (χ3v) is 4.13. The molecule has 0 fully saturated rings. The van der Waals surface area contributed by atoms with E-state index in [1.54, 1.807) is 18.5 Å². The van der Waals surface area contributed by atoms with E-state index in [4.69, 9.17) is 0 Å². The number of H-pyrrole nitrogens is 1. The lowest BCUT2D eigenvalue weighted by molar-refractivity contribution is 0.576. The Bertz CT molecular complexity index is 1030. The van der Waals surface area contributed by atoms with Crippen molar-refractivity contribution in [2.45, 2.75) is 26.8 Å². The van der Waals surface area contributed by atoms with Gasteiger partial charge >= 0.3 is 0 Å². The second-order valence-electron chi connectivity index (χ2n) is 5.90. The normalized spacial score (nSPS) is 11.9. The van der Waals surface area contributed by atoms with Gasteiger partial charge in [0.2, 0.25) is 0 Å². The molecular formula is C17H16FN5. The van der Waals surface area contributed by atoms with Crippen LogP contribution in [0.3, 0.4) is 0 Å². The van der Waals surface area contributed by atoms with Gasteiger partial charge in [-0.25, -0.2) is 19.3 Å². The number of hydrogen-bond acceptors (Lipinski definition) is 3. The van der Waals surface area contributed by atoms with Crippen LogP contribution < -0.4 is 0 Å². The second-order valence-corrected chi connectivity index (χ2v) is 5.90. The number of imidazole rings is 1. The fourth-order valence-electron chi connectivity index (χ4n) is 3.19. The standard InChI is InChI=1S/C17H16FN5/c1-9(2)23-10(3)22-14-5-4-11(15(18)16(14)23)12-7-20-17-13(12)6-19-8-21-17/h4-9H,1-3H3,(H,19,20,21). The maximum absolute atomic E-state index is 15.3. The molecule has 0 aliphatic heterocycles. The number of aryl methyl sites for hydroxylation is 1. The second kappa shape index (κ2) is 4.87. The zero-order chi connectivity index (χ0) is 16.1. The van der Waals surface area contributed by atoms with Gasteiger partial charge in [0.05, 0.1) is 5.52 Å². The number of nitrogens with zero attached hydrogens (tertiary/aromatic N) is 4. The molecule has 3 aromatic heterocycles. The van der Waals surface area contributed by atoms with Crippen molar-refractivity contribution in [3.8, 4) is 11.1 Å². The molecule has 0 unspecified atom stereocenters. The number of nitrogens with one attached hydrogen (secondary N) is 1. The number of aromatic amines is 1. The molecule has 0 amide bonds. The van der Waals surface area contributed by atoms with E-state index in [1.165, 1.54) is 6.33 Å². The van der Waals surface area contributed by atoms with Gasteiger partial charge in [0.15, 0.2) is 5.82 Å². The predicted molar refractivity (Wildman–Crippen MR) is 87.7 cm³/mol. The summed E-state index contributed by atoms with van der Waals surface area (Å²) in [6.07, 6.45) is 4.94. The van der Waals surface area contributed by atoms with Gasteiger partial charge in [0.1, 0.15) is 23.3 Å². The van der Waals surface area contributed by atoms with E-state index < -0.39 is 0 Å². The highest BCUT2D eigenvalue weighted by Crippen LogP contribution is 2.34. The summed E-state index contributed by atoms with van der Waals surface area (Å²) < 4.78 is 17.2. The van der Waals surface area contributed by atoms with E-state index in [2.05, 4.69) is 19.9 Å². The summed E-state index contributed by atoms with van der Waals surface area (Å²) in [7, 11) is 0. The quantitative estimate of drug-likeness (QED) is 0.609. The molecule has 1 N–H and O–H groups in total. The molecule has 0 spiro atoms. The van der Waals surface area contributed by atoms with Crippen LogP contribution in [-0.4, -0.2) is 24.5 Å². The van der Waals surface area contributed by atoms with Gasteiger partial charge in [0, 0.05) is 34.9 Å². The maximum atomic E-state index is 15.3. The van der Waals surface area contributed by atoms with Crippen LogP contribution in [0.4, 0.5) is 4.39 Å². The smallest absolute Gasteiger partial charge is 0.157 e. The molecule has 4 aromatic rings. The third-order valence-electron chi connectivity index (χ3n) is 4.13. The van der Waals surface area contributed by atoms with Crippen molar-refractivity contribution in [1.29, 1.82) is 0 Å². The minimum absolute atomic E-state index is 0.135. The molecule has 0 radical (unpaired) electrons. The Hall–Kier alpha value is -2.76. The lowest BCUT2D eigenvalue weighted by Crippen LogP contribution is -2.04. The first-order chi connectivity index (χ1) is 11.1. The number of fused-ring (bicyclic) bond motifs is 2. The molecule has 116 valence electrons. The van der Waals surface area contributed by atoms with Gasteiger partial charge < -0.3 is 9.55 Å². The SMILES string of the molecule is Cc1nc2ccc(-c3c[nH]c4ncncc34)c(F)c2n1C(C)C. The molecule has 0 atom stereocenters. The van der Waals surface area contributed by atoms with E-state index in [0.717, 1.165) is 16.8 Å². The topological polar surface area (TPSA) is 59.4 Å². The van der Waals surface area contributed by atoms with Gasteiger partial charge in [-0.2, -0.15) is 0 Å². The number of halogens is 1. The van der Waals surface area contributed by atoms with Crippen molar-refractivity contribution in [2.24, 2.45) is 0 Å². The molecular weight excluding hydrogens is 293 g/mol. The van der Waals surface area contributed by atoms with Crippen molar-refractivity contribution in [1.82, 2.24) is 24.5 Å². The third kappa shape index (κ3) is 1.94. The van der Waals surface area contributed by atoms with Gasteiger partial charge in [-0.3, -0.25) is 0 Å². The molecule has 23 heavy (non-hydrogen) atoms. The van der Waals surface area contributed by atoms with Crippen LogP contribution in [-0.2, 0) is 0 Å². The van der Waals surface area contributed by atoms with Crippen LogP contribution in [0.5, 0.6) is 0 Å². The van der Waals surface area contributed by atoms with Gasteiger partial charge in [-0.05, 0) is 32.9 Å². The van der Waals surface area contributed by atoms with Crippen molar-refractivity contribution in [2.75, 3.05) is 0 Å². The molecule has 0 saturated heterocycles. The number of aromatic nitrogens is 5. The van der Waals surface area contributed by atoms with Gasteiger partial charge in [0.25, 0.3) is 0 Å². The summed E-state index contributed by atoms with van der Waals surface area (Å²) in [5, 5.41) is 0.804. The summed E-state index contributed by atoms with van der Waals surface area (Å²) in [4.78, 5) is 15.7. The lowest BCUT2D eigenvalue weighted by atomic mass is 10.0. The van der Waals surface area contributed by atoms with Crippen molar-refractivity contribution >= 4 is 22.1 Å². The Balaban J connectivity index is 2.05. The summed E-state index contributed by atoms with van der Waals surface area (Å²) in [5.41, 5.74) is 3.20. The lowest BCUT2D eigenvalue weighted by Gasteiger charge is -2.12. The molecule has 0 saturated carbocycles. The van der Waals surface area contributed by atoms with E-state index in [9.17, 15) is 0 Å².